The molecule has 0 spiro atoms. The van der Waals surface area contributed by atoms with Gasteiger partial charge in [0.1, 0.15) is 11.6 Å². The molecule has 0 bridgehead atoms. The lowest BCUT2D eigenvalue weighted by atomic mass is 10.1. The number of piperazine rings is 1. The average Bonchev–Trinajstić information content (AvgIpc) is 2.90. The van der Waals surface area contributed by atoms with Crippen molar-refractivity contribution in [2.24, 2.45) is 0 Å². The van der Waals surface area contributed by atoms with Crippen molar-refractivity contribution in [3.8, 4) is 0 Å². The summed E-state index contributed by atoms with van der Waals surface area (Å²) in [4.78, 5) is 21.2. The molecule has 10 heteroatoms. The molecule has 0 atom stereocenters. The molecule has 0 aliphatic carbocycles. The van der Waals surface area contributed by atoms with Crippen LogP contribution in [-0.4, -0.2) is 50.7 Å². The summed E-state index contributed by atoms with van der Waals surface area (Å²) in [5.74, 6) is -1.12. The number of hydrogen-bond donors (Lipinski definition) is 2. The van der Waals surface area contributed by atoms with Crippen LogP contribution in [0.2, 0.25) is 0 Å². The van der Waals surface area contributed by atoms with E-state index < -0.39 is 21.8 Å². The Labute approximate surface area is 220 Å². The number of anilines is 3. The molecule has 0 amide bonds. The van der Waals surface area contributed by atoms with Gasteiger partial charge >= 0.3 is 5.97 Å². The Hall–Kier alpha value is -4.18. The quantitative estimate of drug-likeness (QED) is 0.366. The Kier molecular flexibility index (Phi) is 6.66. The summed E-state index contributed by atoms with van der Waals surface area (Å²) in [5.41, 5.74) is 4.36. The van der Waals surface area contributed by atoms with Crippen LogP contribution < -0.4 is 14.5 Å². The second-order valence-electron chi connectivity index (χ2n) is 9.32. The van der Waals surface area contributed by atoms with Crippen LogP contribution in [0.5, 0.6) is 0 Å². The predicted molar refractivity (Wildman–Crippen MR) is 146 cm³/mol. The Morgan fingerprint density at radius 1 is 0.947 bits per heavy atom. The molecule has 2 N–H and O–H groups in total. The first-order valence-corrected chi connectivity index (χ1v) is 13.6. The van der Waals surface area contributed by atoms with Gasteiger partial charge < -0.3 is 14.9 Å². The molecule has 1 saturated heterocycles. The van der Waals surface area contributed by atoms with E-state index in [4.69, 9.17) is 4.98 Å². The van der Waals surface area contributed by atoms with Gasteiger partial charge in [-0.05, 0) is 79.6 Å². The van der Waals surface area contributed by atoms with E-state index in [9.17, 15) is 22.7 Å². The lowest BCUT2D eigenvalue weighted by Crippen LogP contribution is -2.47. The number of nitrogens with one attached hydrogen (secondary N) is 1. The summed E-state index contributed by atoms with van der Waals surface area (Å²) in [6.45, 7) is 7.13. The number of fused-ring (bicyclic) bond motifs is 1. The molecule has 1 aromatic heterocycles. The number of sulfonamides is 1. The number of carboxylic acids is 1. The summed E-state index contributed by atoms with van der Waals surface area (Å²) in [6.07, 6.45) is 0. The van der Waals surface area contributed by atoms with E-state index in [0.717, 1.165) is 37.4 Å². The first-order valence-electron chi connectivity index (χ1n) is 12.1. The third kappa shape index (κ3) is 4.99. The molecule has 4 aromatic rings. The predicted octanol–water partition coefficient (Wildman–Crippen LogP) is 4.82. The van der Waals surface area contributed by atoms with Gasteiger partial charge in [-0.25, -0.2) is 22.6 Å². The Bertz CT molecular complexity index is 1630. The van der Waals surface area contributed by atoms with Crippen molar-refractivity contribution in [3.63, 3.8) is 0 Å². The minimum absolute atomic E-state index is 0.0322. The summed E-state index contributed by atoms with van der Waals surface area (Å²) in [5, 5.41) is 10.3. The minimum Gasteiger partial charge on any atom is -0.478 e. The lowest BCUT2D eigenvalue weighted by molar-refractivity contribution is 0.0699. The molecular formula is C28H27FN4O4S. The second-order valence-corrected chi connectivity index (χ2v) is 11.0. The van der Waals surface area contributed by atoms with E-state index in [2.05, 4.69) is 46.6 Å². The molecule has 1 aliphatic heterocycles. The van der Waals surface area contributed by atoms with Gasteiger partial charge in [0.15, 0.2) is 0 Å². The molecule has 1 fully saturated rings. The molecule has 5 rings (SSSR count). The van der Waals surface area contributed by atoms with Gasteiger partial charge in [0.2, 0.25) is 0 Å². The van der Waals surface area contributed by atoms with Gasteiger partial charge in [-0.15, -0.1) is 0 Å². The average molecular weight is 535 g/mol. The third-order valence-corrected chi connectivity index (χ3v) is 8.32. The highest BCUT2D eigenvalue weighted by Crippen LogP contribution is 2.29. The molecule has 3 aromatic carbocycles. The Morgan fingerprint density at radius 3 is 2.32 bits per heavy atom. The molecule has 0 saturated carbocycles. The van der Waals surface area contributed by atoms with Crippen molar-refractivity contribution in [1.82, 2.24) is 4.98 Å². The number of benzene rings is 3. The van der Waals surface area contributed by atoms with Crippen molar-refractivity contribution in [2.45, 2.75) is 18.7 Å². The van der Waals surface area contributed by atoms with E-state index in [1.807, 2.05) is 0 Å². The monoisotopic (exact) mass is 534 g/mol. The van der Waals surface area contributed by atoms with Gasteiger partial charge in [0, 0.05) is 42.9 Å². The van der Waals surface area contributed by atoms with Crippen LogP contribution in [0.15, 0.2) is 71.6 Å². The zero-order chi connectivity index (χ0) is 27.0. The van der Waals surface area contributed by atoms with Crippen LogP contribution in [0.25, 0.3) is 10.9 Å². The summed E-state index contributed by atoms with van der Waals surface area (Å²) in [6, 6.07) is 16.8. The number of hydrogen-bond acceptors (Lipinski definition) is 6. The maximum Gasteiger partial charge on any atom is 0.336 e. The van der Waals surface area contributed by atoms with Gasteiger partial charge in [0.05, 0.1) is 16.0 Å². The first kappa shape index (κ1) is 25.5. The van der Waals surface area contributed by atoms with Gasteiger partial charge in [-0.3, -0.25) is 4.72 Å². The van der Waals surface area contributed by atoms with E-state index in [0.29, 0.717) is 29.8 Å². The van der Waals surface area contributed by atoms with Crippen LogP contribution in [0.1, 0.15) is 21.5 Å². The van der Waals surface area contributed by atoms with Crippen LogP contribution in [0.3, 0.4) is 0 Å². The Balaban J connectivity index is 1.40. The number of carboxylic acid groups (broad SMARTS) is 1. The van der Waals surface area contributed by atoms with Crippen molar-refractivity contribution in [3.05, 3.63) is 89.2 Å². The van der Waals surface area contributed by atoms with Crippen LogP contribution in [0, 0.1) is 19.7 Å². The normalized spacial score (nSPS) is 14.1. The first-order chi connectivity index (χ1) is 18.1. The fourth-order valence-electron chi connectivity index (χ4n) is 4.70. The van der Waals surface area contributed by atoms with Crippen LogP contribution >= 0.6 is 0 Å². The van der Waals surface area contributed by atoms with E-state index >= 15 is 0 Å². The zero-order valence-corrected chi connectivity index (χ0v) is 21.8. The lowest BCUT2D eigenvalue weighted by Gasteiger charge is -2.37. The Morgan fingerprint density at radius 2 is 1.63 bits per heavy atom. The molecule has 196 valence electrons. The maximum atomic E-state index is 13.2. The zero-order valence-electron chi connectivity index (χ0n) is 21.0. The standard InChI is InChI=1S/C28H27FN4O4S/c1-18-4-3-5-26(19(18)2)32-12-14-33(15-13-32)27-17-24(28(34)35)23-16-21(8-11-25(23)30-27)31-38(36,37)22-9-6-20(29)7-10-22/h3-11,16-17,31H,12-15H2,1-2H3,(H,34,35). The number of aryl methyl sites for hydroxylation is 1. The number of carbonyl (C=O) groups is 1. The largest absolute Gasteiger partial charge is 0.478 e. The van der Waals surface area contributed by atoms with Crippen LogP contribution in [0.4, 0.5) is 21.6 Å². The van der Waals surface area contributed by atoms with Crippen molar-refractivity contribution in [2.75, 3.05) is 40.7 Å². The molecule has 8 nitrogen and oxygen atoms in total. The topological polar surface area (TPSA) is 103 Å². The second kappa shape index (κ2) is 9.94. The van der Waals surface area contributed by atoms with Crippen LogP contribution in [-0.2, 0) is 10.0 Å². The SMILES string of the molecule is Cc1cccc(N2CCN(c3cc(C(=O)O)c4cc(NS(=O)(=O)c5ccc(F)cc5)ccc4n3)CC2)c1C. The highest BCUT2D eigenvalue weighted by Gasteiger charge is 2.23. The minimum atomic E-state index is -3.99. The fourth-order valence-corrected chi connectivity index (χ4v) is 5.75. The number of nitrogens with zero attached hydrogens (tertiary/aromatic N) is 3. The van der Waals surface area contributed by atoms with Gasteiger partial charge in [0.25, 0.3) is 10.0 Å². The summed E-state index contributed by atoms with van der Waals surface area (Å²) in [7, 11) is -3.99. The number of rotatable bonds is 6. The number of halogens is 1. The third-order valence-electron chi connectivity index (χ3n) is 6.92. The van der Waals surface area contributed by atoms with Crippen molar-refractivity contribution in [1.29, 1.82) is 0 Å². The summed E-state index contributed by atoms with van der Waals surface area (Å²) >= 11 is 0. The van der Waals surface area contributed by atoms with Gasteiger partial charge in [-0.1, -0.05) is 12.1 Å². The molecule has 1 aliphatic rings. The maximum absolute atomic E-state index is 13.2. The summed E-state index contributed by atoms with van der Waals surface area (Å²) < 4.78 is 41.1. The highest BCUT2D eigenvalue weighted by molar-refractivity contribution is 7.92. The van der Waals surface area contributed by atoms with Crippen molar-refractivity contribution >= 4 is 44.1 Å². The molecule has 38 heavy (non-hydrogen) atoms. The number of pyridine rings is 1. The van der Waals surface area contributed by atoms with Gasteiger partial charge in [-0.2, -0.15) is 0 Å². The molecule has 0 radical (unpaired) electrons. The van der Waals surface area contributed by atoms with E-state index in [1.54, 1.807) is 6.07 Å². The van der Waals surface area contributed by atoms with E-state index in [-0.39, 0.29) is 16.1 Å². The fraction of sp³-hybridized carbons (Fsp3) is 0.214. The van der Waals surface area contributed by atoms with E-state index in [1.165, 1.54) is 35.0 Å². The van der Waals surface area contributed by atoms with Crippen molar-refractivity contribution < 1.29 is 22.7 Å². The number of aromatic carboxylic acids is 1. The highest BCUT2D eigenvalue weighted by atomic mass is 32.2. The molecule has 0 unspecified atom stereocenters. The number of aromatic nitrogens is 1. The smallest absolute Gasteiger partial charge is 0.336 e. The molecule has 2 heterocycles. The molecular weight excluding hydrogens is 507 g/mol.